The predicted molar refractivity (Wildman–Crippen MR) is 105 cm³/mol. The molecule has 1 aliphatic heterocycles. The van der Waals surface area contributed by atoms with Crippen molar-refractivity contribution in [2.75, 3.05) is 19.7 Å². The maximum Gasteiger partial charge on any atom is 0.321 e. The SMILES string of the molecule is O=C(COC(=O)[C@H]1CC(=O)N(CCc2ccccc2)C1)NC(=O)NCc1ccco1. The molecule has 2 aromatic rings. The zero-order valence-corrected chi connectivity index (χ0v) is 16.3. The number of benzene rings is 1. The summed E-state index contributed by atoms with van der Waals surface area (Å²) in [5.74, 6) is -1.59. The minimum Gasteiger partial charge on any atom is -0.467 e. The number of rotatable bonds is 8. The number of carbonyl (C=O) groups is 4. The number of ether oxygens (including phenoxy) is 1. The lowest BCUT2D eigenvalue weighted by molar-refractivity contribution is -0.152. The standard InChI is InChI=1S/C21H23N3O6/c25-18(23-21(28)22-12-17-7-4-10-29-17)14-30-20(27)16-11-19(26)24(13-16)9-8-15-5-2-1-3-6-15/h1-7,10,16H,8-9,11-14H2,(H2,22,23,25,28)/t16-/m0/s1. The highest BCUT2D eigenvalue weighted by molar-refractivity contribution is 5.96. The van der Waals surface area contributed by atoms with Crippen LogP contribution in [0.3, 0.4) is 0 Å². The van der Waals surface area contributed by atoms with Crippen molar-refractivity contribution in [3.63, 3.8) is 0 Å². The van der Waals surface area contributed by atoms with Crippen molar-refractivity contribution < 1.29 is 28.3 Å². The van der Waals surface area contributed by atoms with Gasteiger partial charge in [0, 0.05) is 19.5 Å². The molecule has 9 heteroatoms. The Kier molecular flexibility index (Phi) is 7.20. The highest BCUT2D eigenvalue weighted by Gasteiger charge is 2.35. The molecule has 2 N–H and O–H groups in total. The van der Waals surface area contributed by atoms with Crippen molar-refractivity contribution in [2.45, 2.75) is 19.4 Å². The predicted octanol–water partition coefficient (Wildman–Crippen LogP) is 1.24. The molecule has 30 heavy (non-hydrogen) atoms. The molecule has 0 spiro atoms. The lowest BCUT2D eigenvalue weighted by Crippen LogP contribution is -2.41. The Morgan fingerprint density at radius 1 is 1.13 bits per heavy atom. The van der Waals surface area contributed by atoms with E-state index in [0.29, 0.717) is 18.7 Å². The number of nitrogens with one attached hydrogen (secondary N) is 2. The molecule has 9 nitrogen and oxygen atoms in total. The fourth-order valence-electron chi connectivity index (χ4n) is 3.10. The smallest absolute Gasteiger partial charge is 0.321 e. The number of likely N-dealkylation sites (tertiary alicyclic amines) is 1. The number of furan rings is 1. The summed E-state index contributed by atoms with van der Waals surface area (Å²) in [7, 11) is 0. The third kappa shape index (κ3) is 6.20. The number of nitrogens with zero attached hydrogens (tertiary/aromatic N) is 1. The maximum atomic E-state index is 12.2. The summed E-state index contributed by atoms with van der Waals surface area (Å²) in [4.78, 5) is 49.4. The van der Waals surface area contributed by atoms with Gasteiger partial charge in [-0.2, -0.15) is 0 Å². The molecular weight excluding hydrogens is 390 g/mol. The van der Waals surface area contributed by atoms with Gasteiger partial charge in [0.2, 0.25) is 5.91 Å². The summed E-state index contributed by atoms with van der Waals surface area (Å²) in [6.45, 7) is 0.301. The van der Waals surface area contributed by atoms with Crippen molar-refractivity contribution in [3.05, 3.63) is 60.1 Å². The largest absolute Gasteiger partial charge is 0.467 e. The van der Waals surface area contributed by atoms with E-state index in [2.05, 4.69) is 10.6 Å². The Bertz CT molecular complexity index is 881. The Labute approximate surface area is 173 Å². The van der Waals surface area contributed by atoms with Crippen LogP contribution in [-0.2, 0) is 32.1 Å². The molecule has 0 radical (unpaired) electrons. The monoisotopic (exact) mass is 413 g/mol. The van der Waals surface area contributed by atoms with E-state index >= 15 is 0 Å². The van der Waals surface area contributed by atoms with Gasteiger partial charge in [-0.3, -0.25) is 19.7 Å². The van der Waals surface area contributed by atoms with Crippen LogP contribution in [-0.4, -0.2) is 48.4 Å². The lowest BCUT2D eigenvalue weighted by Gasteiger charge is -2.16. The summed E-state index contributed by atoms with van der Waals surface area (Å²) in [6, 6.07) is 12.4. The zero-order chi connectivity index (χ0) is 21.3. The molecule has 4 amide bonds. The number of esters is 1. The van der Waals surface area contributed by atoms with Crippen LogP contribution in [0.2, 0.25) is 0 Å². The fraction of sp³-hybridized carbons (Fsp3) is 0.333. The van der Waals surface area contributed by atoms with E-state index < -0.39 is 30.4 Å². The van der Waals surface area contributed by atoms with E-state index in [4.69, 9.17) is 9.15 Å². The zero-order valence-electron chi connectivity index (χ0n) is 16.3. The number of carbonyl (C=O) groups excluding carboxylic acids is 4. The minimum atomic E-state index is -0.759. The van der Waals surface area contributed by atoms with Crippen LogP contribution in [0.1, 0.15) is 17.7 Å². The lowest BCUT2D eigenvalue weighted by atomic mass is 10.1. The van der Waals surface area contributed by atoms with Crippen molar-refractivity contribution in [1.82, 2.24) is 15.5 Å². The summed E-state index contributed by atoms with van der Waals surface area (Å²) in [6.07, 6.45) is 2.22. The molecule has 0 saturated carbocycles. The normalized spacial score (nSPS) is 15.7. The first-order chi connectivity index (χ1) is 14.5. The van der Waals surface area contributed by atoms with Gasteiger partial charge in [0.05, 0.1) is 18.7 Å². The molecule has 0 bridgehead atoms. The van der Waals surface area contributed by atoms with Crippen molar-refractivity contribution in [2.24, 2.45) is 5.92 Å². The van der Waals surface area contributed by atoms with Gasteiger partial charge >= 0.3 is 12.0 Å². The summed E-state index contributed by atoms with van der Waals surface area (Å²) < 4.78 is 10.0. The molecule has 0 aliphatic carbocycles. The molecule has 3 rings (SSSR count). The molecule has 1 aromatic carbocycles. The van der Waals surface area contributed by atoms with Crippen LogP contribution >= 0.6 is 0 Å². The number of hydrogen-bond acceptors (Lipinski definition) is 6. The molecule has 1 atom stereocenters. The van der Waals surface area contributed by atoms with Gasteiger partial charge in [-0.15, -0.1) is 0 Å². The molecular formula is C21H23N3O6. The average Bonchev–Trinajstić information content (AvgIpc) is 3.39. The number of urea groups is 1. The van der Waals surface area contributed by atoms with Gasteiger partial charge in [0.25, 0.3) is 5.91 Å². The second-order valence-corrected chi connectivity index (χ2v) is 6.89. The van der Waals surface area contributed by atoms with E-state index in [1.807, 2.05) is 30.3 Å². The number of amides is 4. The van der Waals surface area contributed by atoms with Gasteiger partial charge in [-0.1, -0.05) is 30.3 Å². The Hall–Kier alpha value is -3.62. The van der Waals surface area contributed by atoms with E-state index in [0.717, 1.165) is 5.56 Å². The first kappa shape index (κ1) is 21.1. The molecule has 1 saturated heterocycles. The first-order valence-electron chi connectivity index (χ1n) is 9.59. The molecule has 1 aromatic heterocycles. The molecule has 2 heterocycles. The molecule has 1 aliphatic rings. The number of imide groups is 1. The third-order valence-corrected chi connectivity index (χ3v) is 4.66. The highest BCUT2D eigenvalue weighted by atomic mass is 16.5. The molecule has 0 unspecified atom stereocenters. The average molecular weight is 413 g/mol. The van der Waals surface area contributed by atoms with Gasteiger partial charge in [0.1, 0.15) is 5.76 Å². The fourth-order valence-corrected chi connectivity index (χ4v) is 3.10. The van der Waals surface area contributed by atoms with Crippen LogP contribution in [0.25, 0.3) is 0 Å². The summed E-state index contributed by atoms with van der Waals surface area (Å²) in [5.41, 5.74) is 1.11. The first-order valence-corrected chi connectivity index (χ1v) is 9.59. The van der Waals surface area contributed by atoms with E-state index in [9.17, 15) is 19.2 Å². The molecule has 1 fully saturated rings. The maximum absolute atomic E-state index is 12.2. The summed E-state index contributed by atoms with van der Waals surface area (Å²) in [5, 5.41) is 4.50. The second-order valence-electron chi connectivity index (χ2n) is 6.89. The Morgan fingerprint density at radius 2 is 1.93 bits per heavy atom. The van der Waals surface area contributed by atoms with Crippen LogP contribution in [0, 0.1) is 5.92 Å². The van der Waals surface area contributed by atoms with Crippen LogP contribution in [0.15, 0.2) is 53.1 Å². The van der Waals surface area contributed by atoms with Crippen molar-refractivity contribution >= 4 is 23.8 Å². The van der Waals surface area contributed by atoms with Crippen LogP contribution in [0.4, 0.5) is 4.79 Å². The van der Waals surface area contributed by atoms with Crippen molar-refractivity contribution in [3.8, 4) is 0 Å². The quantitative estimate of drug-likeness (QED) is 0.629. The minimum absolute atomic E-state index is 0.0544. The van der Waals surface area contributed by atoms with Gasteiger partial charge in [-0.05, 0) is 24.1 Å². The van der Waals surface area contributed by atoms with E-state index in [1.54, 1.807) is 17.0 Å². The van der Waals surface area contributed by atoms with E-state index in [-0.39, 0.29) is 25.4 Å². The van der Waals surface area contributed by atoms with Gasteiger partial charge in [0.15, 0.2) is 6.61 Å². The van der Waals surface area contributed by atoms with Crippen LogP contribution < -0.4 is 10.6 Å². The third-order valence-electron chi connectivity index (χ3n) is 4.66. The number of hydrogen-bond donors (Lipinski definition) is 2. The summed E-state index contributed by atoms with van der Waals surface area (Å²) >= 11 is 0. The Morgan fingerprint density at radius 3 is 2.67 bits per heavy atom. The molecule has 158 valence electrons. The topological polar surface area (TPSA) is 118 Å². The Balaban J connectivity index is 1.35. The van der Waals surface area contributed by atoms with Crippen LogP contribution in [0.5, 0.6) is 0 Å². The highest BCUT2D eigenvalue weighted by Crippen LogP contribution is 2.19. The van der Waals surface area contributed by atoms with Gasteiger partial charge in [-0.25, -0.2) is 4.79 Å². The van der Waals surface area contributed by atoms with Gasteiger partial charge < -0.3 is 19.4 Å². The van der Waals surface area contributed by atoms with Crippen molar-refractivity contribution in [1.29, 1.82) is 0 Å². The second kappa shape index (κ2) is 10.2. The van der Waals surface area contributed by atoms with E-state index in [1.165, 1.54) is 6.26 Å².